The summed E-state index contributed by atoms with van der Waals surface area (Å²) < 4.78 is 9.30. The molecule has 0 saturated carbocycles. The Morgan fingerprint density at radius 2 is 1.75 bits per heavy atom. The summed E-state index contributed by atoms with van der Waals surface area (Å²) in [6.07, 6.45) is -1.13. The topological polar surface area (TPSA) is 82.3 Å². The molecular weight excluding hydrogens is 450 g/mol. The van der Waals surface area contributed by atoms with Gasteiger partial charge in [-0.05, 0) is 32.0 Å². The van der Waals surface area contributed by atoms with Crippen molar-refractivity contribution in [1.29, 1.82) is 0 Å². The third kappa shape index (κ3) is 3.83. The number of anilines is 1. The average Bonchev–Trinajstić information content (AvgIpc) is 3.23. The smallest absolute Gasteiger partial charge is 0.350 e. The molecule has 0 aliphatic rings. The molecule has 1 atom stereocenters. The zero-order valence-corrected chi connectivity index (χ0v) is 19.2. The van der Waals surface area contributed by atoms with Crippen LogP contribution in [0.1, 0.15) is 22.3 Å². The summed E-state index contributed by atoms with van der Waals surface area (Å²) in [5, 5.41) is 3.66. The molecule has 32 heavy (non-hydrogen) atoms. The van der Waals surface area contributed by atoms with E-state index in [0.29, 0.717) is 16.4 Å². The predicted octanol–water partition coefficient (Wildman–Crippen LogP) is 4.54. The van der Waals surface area contributed by atoms with Crippen molar-refractivity contribution in [3.05, 3.63) is 80.5 Å². The largest absolute Gasteiger partial charge is 0.448 e. The van der Waals surface area contributed by atoms with Crippen LogP contribution in [0, 0.1) is 6.92 Å². The second-order valence-electron chi connectivity index (χ2n) is 7.21. The molecule has 0 fully saturated rings. The first-order valence-electron chi connectivity index (χ1n) is 9.82. The highest BCUT2D eigenvalue weighted by molar-refractivity contribution is 7.21. The molecule has 0 saturated heterocycles. The number of rotatable bonds is 5. The van der Waals surface area contributed by atoms with Crippen molar-refractivity contribution in [2.24, 2.45) is 7.05 Å². The third-order valence-corrected chi connectivity index (χ3v) is 6.83. The van der Waals surface area contributed by atoms with E-state index in [2.05, 4.69) is 5.32 Å². The third-order valence-electron chi connectivity index (χ3n) is 5.18. The molecule has 0 spiro atoms. The van der Waals surface area contributed by atoms with Gasteiger partial charge in [-0.1, -0.05) is 48.0 Å². The van der Waals surface area contributed by atoms with Gasteiger partial charge in [0.25, 0.3) is 11.5 Å². The van der Waals surface area contributed by atoms with Gasteiger partial charge in [-0.15, -0.1) is 11.3 Å². The molecule has 0 aliphatic carbocycles. The minimum absolute atomic E-state index is 0.129. The van der Waals surface area contributed by atoms with Gasteiger partial charge in [0.1, 0.15) is 10.6 Å². The molecule has 4 aromatic rings. The van der Waals surface area contributed by atoms with Crippen molar-refractivity contribution in [2.45, 2.75) is 20.0 Å². The number of fused-ring (bicyclic) bond motifs is 1. The molecule has 2 heterocycles. The van der Waals surface area contributed by atoms with Crippen LogP contribution in [-0.2, 0) is 16.6 Å². The number of carbonyl (C=O) groups excluding carboxylic acids is 2. The number of nitrogens with zero attached hydrogens (tertiary/aromatic N) is 2. The number of hydrogen-bond acceptors (Lipinski definition) is 5. The van der Waals surface area contributed by atoms with Gasteiger partial charge >= 0.3 is 5.97 Å². The summed E-state index contributed by atoms with van der Waals surface area (Å²) in [6.45, 7) is 3.17. The number of halogens is 1. The number of esters is 1. The first kappa shape index (κ1) is 21.9. The van der Waals surface area contributed by atoms with Gasteiger partial charge < -0.3 is 10.1 Å². The van der Waals surface area contributed by atoms with Crippen molar-refractivity contribution in [3.8, 4) is 5.69 Å². The Labute approximate surface area is 192 Å². The van der Waals surface area contributed by atoms with Crippen molar-refractivity contribution in [3.63, 3.8) is 0 Å². The van der Waals surface area contributed by atoms with E-state index in [4.69, 9.17) is 16.3 Å². The number of amides is 1. The van der Waals surface area contributed by atoms with Crippen LogP contribution < -0.4 is 10.9 Å². The number of para-hydroxylation sites is 1. The van der Waals surface area contributed by atoms with Crippen molar-refractivity contribution < 1.29 is 14.3 Å². The van der Waals surface area contributed by atoms with E-state index in [9.17, 15) is 14.4 Å². The number of carbonyl (C=O) groups is 2. The lowest BCUT2D eigenvalue weighted by atomic mass is 10.2. The molecular formula is C23H20ClN3O4S. The Bertz CT molecular complexity index is 1390. The Morgan fingerprint density at radius 1 is 1.09 bits per heavy atom. The minimum atomic E-state index is -1.13. The number of benzene rings is 2. The van der Waals surface area contributed by atoms with E-state index in [-0.39, 0.29) is 16.1 Å². The molecule has 2 aromatic carbocycles. The Kier molecular flexibility index (Phi) is 5.90. The molecule has 4 rings (SSSR count). The summed E-state index contributed by atoms with van der Waals surface area (Å²) in [5.41, 5.74) is 0.987. The molecule has 0 radical (unpaired) electrons. The fourth-order valence-corrected chi connectivity index (χ4v) is 4.74. The lowest BCUT2D eigenvalue weighted by molar-refractivity contribution is -0.123. The molecule has 1 amide bonds. The molecule has 9 heteroatoms. The first-order chi connectivity index (χ1) is 15.3. The van der Waals surface area contributed by atoms with Crippen molar-refractivity contribution in [1.82, 2.24) is 9.36 Å². The maximum absolute atomic E-state index is 13.0. The molecule has 1 N–H and O–H groups in total. The number of nitrogens with one attached hydrogen (secondary N) is 1. The zero-order chi connectivity index (χ0) is 23.0. The summed E-state index contributed by atoms with van der Waals surface area (Å²) in [7, 11) is 1.73. The lowest BCUT2D eigenvalue weighted by Crippen LogP contribution is -2.32. The van der Waals surface area contributed by atoms with E-state index in [1.165, 1.54) is 22.9 Å². The number of thiophene rings is 1. The van der Waals surface area contributed by atoms with Crippen molar-refractivity contribution in [2.75, 3.05) is 5.32 Å². The molecule has 7 nitrogen and oxygen atoms in total. The summed E-state index contributed by atoms with van der Waals surface area (Å²) in [6, 6.07) is 16.4. The van der Waals surface area contributed by atoms with Crippen molar-refractivity contribution >= 4 is 50.6 Å². The number of hydrogen-bond donors (Lipinski definition) is 1. The van der Waals surface area contributed by atoms with Gasteiger partial charge in [0.05, 0.1) is 16.4 Å². The van der Waals surface area contributed by atoms with Gasteiger partial charge in [0.2, 0.25) is 0 Å². The number of aromatic nitrogens is 2. The van der Waals surface area contributed by atoms with E-state index in [1.807, 2.05) is 42.5 Å². The molecule has 164 valence electrons. The van der Waals surface area contributed by atoms with Crippen LogP contribution in [0.3, 0.4) is 0 Å². The van der Waals surface area contributed by atoms with Crippen LogP contribution in [0.4, 0.5) is 5.69 Å². The molecule has 0 bridgehead atoms. The van der Waals surface area contributed by atoms with Crippen LogP contribution in [0.15, 0.2) is 59.4 Å². The van der Waals surface area contributed by atoms with Crippen LogP contribution in [0.25, 0.3) is 15.8 Å². The number of ether oxygens (including phenoxy) is 1. The van der Waals surface area contributed by atoms with Gasteiger partial charge in [-0.25, -0.2) is 9.48 Å². The summed E-state index contributed by atoms with van der Waals surface area (Å²) >= 11 is 7.53. The fraction of sp³-hybridized carbons (Fsp3) is 0.174. The fourth-order valence-electron chi connectivity index (χ4n) is 3.35. The van der Waals surface area contributed by atoms with E-state index >= 15 is 0 Å². The zero-order valence-electron chi connectivity index (χ0n) is 17.6. The molecule has 0 unspecified atom stereocenters. The maximum atomic E-state index is 13.0. The molecule has 2 aromatic heterocycles. The van der Waals surface area contributed by atoms with Crippen LogP contribution in [0.2, 0.25) is 5.02 Å². The Hall–Kier alpha value is -3.36. The highest BCUT2D eigenvalue weighted by Crippen LogP contribution is 2.35. The van der Waals surface area contributed by atoms with E-state index in [1.54, 1.807) is 30.8 Å². The van der Waals surface area contributed by atoms with Gasteiger partial charge in [-0.3, -0.25) is 14.3 Å². The predicted molar refractivity (Wildman–Crippen MR) is 126 cm³/mol. The quantitative estimate of drug-likeness (QED) is 0.435. The monoisotopic (exact) mass is 469 g/mol. The second kappa shape index (κ2) is 8.64. The highest BCUT2D eigenvalue weighted by Gasteiger charge is 2.26. The Balaban J connectivity index is 1.53. The maximum Gasteiger partial charge on any atom is 0.350 e. The van der Waals surface area contributed by atoms with E-state index < -0.39 is 18.0 Å². The van der Waals surface area contributed by atoms with Gasteiger partial charge in [0, 0.05) is 17.1 Å². The second-order valence-corrected chi connectivity index (χ2v) is 8.64. The summed E-state index contributed by atoms with van der Waals surface area (Å²) in [4.78, 5) is 38.5. The first-order valence-corrected chi connectivity index (χ1v) is 11.0. The normalized spacial score (nSPS) is 12.0. The van der Waals surface area contributed by atoms with Crippen LogP contribution in [-0.4, -0.2) is 27.3 Å². The summed E-state index contributed by atoms with van der Waals surface area (Å²) in [5.74, 6) is -1.30. The highest BCUT2D eigenvalue weighted by atomic mass is 35.5. The lowest BCUT2D eigenvalue weighted by Gasteiger charge is -2.12. The molecule has 0 aliphatic heterocycles. The van der Waals surface area contributed by atoms with Gasteiger partial charge in [0.15, 0.2) is 6.10 Å². The van der Waals surface area contributed by atoms with Crippen LogP contribution >= 0.6 is 22.9 Å². The van der Waals surface area contributed by atoms with E-state index in [0.717, 1.165) is 10.1 Å². The Morgan fingerprint density at radius 3 is 2.44 bits per heavy atom. The SMILES string of the molecule is Cc1c(NC(=O)[C@@H](C)OC(=O)c2sc3ccccc3c2Cl)c(=O)n(-c2ccccc2)n1C. The average molecular weight is 470 g/mol. The van der Waals surface area contributed by atoms with Gasteiger partial charge in [-0.2, -0.15) is 0 Å². The van der Waals surface area contributed by atoms with Crippen LogP contribution in [0.5, 0.6) is 0 Å². The standard InChI is InChI=1S/C23H20ClN3O4S/c1-13-19(22(29)27(26(13)3)15-9-5-4-6-10-15)25-21(28)14(2)31-23(30)20-18(24)16-11-7-8-12-17(16)32-20/h4-12,14H,1-3H3,(H,25,28)/t14-/m1/s1. The minimum Gasteiger partial charge on any atom is -0.448 e.